The molecule has 0 aliphatic carbocycles. The quantitative estimate of drug-likeness (QED) is 0.261. The SMILES string of the molecule is CCNC(=NCCNC(=O)c1ccccc1)N(C)CCc1cccs1.I. The highest BCUT2D eigenvalue weighted by Crippen LogP contribution is 2.09. The van der Waals surface area contributed by atoms with E-state index in [1.54, 1.807) is 23.5 Å². The van der Waals surface area contributed by atoms with E-state index in [4.69, 9.17) is 0 Å². The van der Waals surface area contributed by atoms with Crippen molar-refractivity contribution in [3.05, 3.63) is 58.3 Å². The van der Waals surface area contributed by atoms with E-state index in [0.29, 0.717) is 18.7 Å². The van der Waals surface area contributed by atoms with Gasteiger partial charge in [-0.05, 0) is 36.9 Å². The lowest BCUT2D eigenvalue weighted by Crippen LogP contribution is -2.40. The number of nitrogens with one attached hydrogen (secondary N) is 2. The molecule has 7 heteroatoms. The number of aliphatic imine (C=N–C) groups is 1. The smallest absolute Gasteiger partial charge is 0.251 e. The Morgan fingerprint density at radius 2 is 1.92 bits per heavy atom. The zero-order valence-corrected chi connectivity index (χ0v) is 18.4. The van der Waals surface area contributed by atoms with Crippen LogP contribution in [0.3, 0.4) is 0 Å². The lowest BCUT2D eigenvalue weighted by Gasteiger charge is -2.21. The predicted octanol–water partition coefficient (Wildman–Crippen LogP) is 3.24. The molecule has 142 valence electrons. The highest BCUT2D eigenvalue weighted by molar-refractivity contribution is 14.0. The van der Waals surface area contributed by atoms with E-state index in [0.717, 1.165) is 25.5 Å². The number of carbonyl (C=O) groups excluding carboxylic acids is 1. The molecule has 1 aromatic heterocycles. The number of halogens is 1. The van der Waals surface area contributed by atoms with Gasteiger partial charge in [-0.3, -0.25) is 9.79 Å². The van der Waals surface area contributed by atoms with E-state index in [1.807, 2.05) is 25.2 Å². The first-order valence-electron chi connectivity index (χ1n) is 8.55. The molecule has 0 saturated heterocycles. The fraction of sp³-hybridized carbons (Fsp3) is 0.368. The third-order valence-corrected chi connectivity index (χ3v) is 4.60. The molecule has 1 amide bonds. The molecule has 2 aromatic rings. The number of guanidine groups is 1. The number of hydrogen-bond acceptors (Lipinski definition) is 3. The average molecular weight is 486 g/mol. The number of amides is 1. The summed E-state index contributed by atoms with van der Waals surface area (Å²) in [6.45, 7) is 4.84. The monoisotopic (exact) mass is 486 g/mol. The van der Waals surface area contributed by atoms with Crippen molar-refractivity contribution in [2.24, 2.45) is 4.99 Å². The van der Waals surface area contributed by atoms with Crippen LogP contribution in [0.4, 0.5) is 0 Å². The van der Waals surface area contributed by atoms with Crippen molar-refractivity contribution in [1.29, 1.82) is 0 Å². The van der Waals surface area contributed by atoms with Crippen molar-refractivity contribution in [3.8, 4) is 0 Å². The molecular formula is C19H27IN4OS. The van der Waals surface area contributed by atoms with Gasteiger partial charge in [-0.1, -0.05) is 24.3 Å². The van der Waals surface area contributed by atoms with Gasteiger partial charge in [0.05, 0.1) is 6.54 Å². The molecule has 0 saturated carbocycles. The van der Waals surface area contributed by atoms with Gasteiger partial charge >= 0.3 is 0 Å². The minimum Gasteiger partial charge on any atom is -0.357 e. The highest BCUT2D eigenvalue weighted by Gasteiger charge is 2.07. The predicted molar refractivity (Wildman–Crippen MR) is 121 cm³/mol. The van der Waals surface area contributed by atoms with Crippen LogP contribution in [-0.2, 0) is 6.42 Å². The van der Waals surface area contributed by atoms with Crippen LogP contribution in [0.15, 0.2) is 52.8 Å². The lowest BCUT2D eigenvalue weighted by atomic mass is 10.2. The maximum atomic E-state index is 12.0. The summed E-state index contributed by atoms with van der Waals surface area (Å²) in [5.74, 6) is 0.805. The normalized spacial score (nSPS) is 10.8. The summed E-state index contributed by atoms with van der Waals surface area (Å²) in [7, 11) is 2.04. The van der Waals surface area contributed by atoms with Crippen molar-refractivity contribution in [2.75, 3.05) is 33.2 Å². The second kappa shape index (κ2) is 12.7. The summed E-state index contributed by atoms with van der Waals surface area (Å²) in [5.41, 5.74) is 0.673. The van der Waals surface area contributed by atoms with E-state index < -0.39 is 0 Å². The van der Waals surface area contributed by atoms with Crippen LogP contribution in [0.25, 0.3) is 0 Å². The third-order valence-electron chi connectivity index (χ3n) is 3.67. The first-order valence-corrected chi connectivity index (χ1v) is 9.43. The van der Waals surface area contributed by atoms with Crippen LogP contribution in [0.5, 0.6) is 0 Å². The Bertz CT molecular complexity index is 661. The van der Waals surface area contributed by atoms with Crippen LogP contribution in [0.2, 0.25) is 0 Å². The molecule has 0 atom stereocenters. The van der Waals surface area contributed by atoms with E-state index in [1.165, 1.54) is 4.88 Å². The Labute approximate surface area is 176 Å². The molecule has 1 aromatic carbocycles. The molecule has 0 spiro atoms. The first kappa shape index (κ1) is 22.4. The molecule has 1 heterocycles. The Morgan fingerprint density at radius 1 is 1.15 bits per heavy atom. The first-order chi connectivity index (χ1) is 12.2. The molecule has 5 nitrogen and oxygen atoms in total. The van der Waals surface area contributed by atoms with Crippen molar-refractivity contribution in [1.82, 2.24) is 15.5 Å². The van der Waals surface area contributed by atoms with Crippen molar-refractivity contribution >= 4 is 47.2 Å². The molecule has 0 fully saturated rings. The largest absolute Gasteiger partial charge is 0.357 e. The minimum atomic E-state index is -0.0631. The Morgan fingerprint density at radius 3 is 2.58 bits per heavy atom. The Hall–Kier alpha value is -1.61. The number of thiophene rings is 1. The second-order valence-electron chi connectivity index (χ2n) is 5.61. The van der Waals surface area contributed by atoms with Gasteiger partial charge in [0.25, 0.3) is 5.91 Å². The van der Waals surface area contributed by atoms with E-state index in [2.05, 4.69) is 45.0 Å². The zero-order valence-electron chi connectivity index (χ0n) is 15.3. The molecule has 2 N–H and O–H groups in total. The number of likely N-dealkylation sites (N-methyl/N-ethyl adjacent to an activating group) is 1. The van der Waals surface area contributed by atoms with Crippen LogP contribution in [0, 0.1) is 0 Å². The zero-order chi connectivity index (χ0) is 17.9. The summed E-state index contributed by atoms with van der Waals surface area (Å²) in [6, 6.07) is 13.5. The van der Waals surface area contributed by atoms with Gasteiger partial charge in [0, 0.05) is 37.1 Å². The Kier molecular flexibility index (Phi) is 11.0. The second-order valence-corrected chi connectivity index (χ2v) is 6.64. The summed E-state index contributed by atoms with van der Waals surface area (Å²) >= 11 is 1.78. The fourth-order valence-corrected chi connectivity index (χ4v) is 3.03. The van der Waals surface area contributed by atoms with Gasteiger partial charge < -0.3 is 15.5 Å². The lowest BCUT2D eigenvalue weighted by molar-refractivity contribution is 0.0955. The molecule has 0 aliphatic heterocycles. The van der Waals surface area contributed by atoms with Crippen LogP contribution >= 0.6 is 35.3 Å². The van der Waals surface area contributed by atoms with E-state index >= 15 is 0 Å². The minimum absolute atomic E-state index is 0. The van der Waals surface area contributed by atoms with Crippen LogP contribution < -0.4 is 10.6 Å². The Balaban J connectivity index is 0.00000338. The molecule has 0 aliphatic rings. The maximum absolute atomic E-state index is 12.0. The highest BCUT2D eigenvalue weighted by atomic mass is 127. The molecule has 0 bridgehead atoms. The number of benzene rings is 1. The van der Waals surface area contributed by atoms with Crippen molar-refractivity contribution < 1.29 is 4.79 Å². The summed E-state index contributed by atoms with van der Waals surface area (Å²) in [4.78, 5) is 20.1. The van der Waals surface area contributed by atoms with Gasteiger partial charge in [0.2, 0.25) is 0 Å². The molecule has 26 heavy (non-hydrogen) atoms. The van der Waals surface area contributed by atoms with Gasteiger partial charge in [-0.2, -0.15) is 0 Å². The van der Waals surface area contributed by atoms with Crippen LogP contribution in [0.1, 0.15) is 22.2 Å². The summed E-state index contributed by atoms with van der Waals surface area (Å²) in [6.07, 6.45) is 1.00. The van der Waals surface area contributed by atoms with Gasteiger partial charge in [0.1, 0.15) is 0 Å². The maximum Gasteiger partial charge on any atom is 0.251 e. The standard InChI is InChI=1S/C19H26N4OS.HI/c1-3-20-19(23(2)14-11-17-10-7-15-25-17)22-13-12-21-18(24)16-8-5-4-6-9-16;/h4-10,15H,3,11-14H2,1-2H3,(H,20,22)(H,21,24);1H. The fourth-order valence-electron chi connectivity index (χ4n) is 2.33. The molecule has 0 unspecified atom stereocenters. The topological polar surface area (TPSA) is 56.7 Å². The van der Waals surface area contributed by atoms with Crippen molar-refractivity contribution in [3.63, 3.8) is 0 Å². The third kappa shape index (κ3) is 7.74. The number of rotatable bonds is 8. The number of nitrogens with zero attached hydrogens (tertiary/aromatic N) is 2. The van der Waals surface area contributed by atoms with Crippen molar-refractivity contribution in [2.45, 2.75) is 13.3 Å². The number of hydrogen-bond donors (Lipinski definition) is 2. The molecular weight excluding hydrogens is 459 g/mol. The number of carbonyl (C=O) groups is 1. The van der Waals surface area contributed by atoms with Gasteiger partial charge in [0.15, 0.2) is 5.96 Å². The van der Waals surface area contributed by atoms with E-state index in [-0.39, 0.29) is 29.9 Å². The summed E-state index contributed by atoms with van der Waals surface area (Å²) in [5, 5.41) is 8.30. The average Bonchev–Trinajstić information content (AvgIpc) is 3.16. The molecule has 0 radical (unpaired) electrons. The summed E-state index contributed by atoms with van der Waals surface area (Å²) < 4.78 is 0. The van der Waals surface area contributed by atoms with Gasteiger partial charge in [-0.15, -0.1) is 35.3 Å². The molecule has 2 rings (SSSR count). The van der Waals surface area contributed by atoms with E-state index in [9.17, 15) is 4.79 Å². The van der Waals surface area contributed by atoms with Gasteiger partial charge in [-0.25, -0.2) is 0 Å². The van der Waals surface area contributed by atoms with Crippen LogP contribution in [-0.4, -0.2) is 50.0 Å².